The average Bonchev–Trinajstić information content (AvgIpc) is 2.38. The monoisotopic (exact) mass is 246 g/mol. The molecule has 1 aromatic heterocycles. The van der Waals surface area contributed by atoms with Crippen LogP contribution in [0.4, 0.5) is 5.82 Å². The van der Waals surface area contributed by atoms with Crippen molar-refractivity contribution in [2.24, 2.45) is 11.1 Å². The summed E-state index contributed by atoms with van der Waals surface area (Å²) in [5.74, 6) is 0.914. The van der Waals surface area contributed by atoms with Crippen molar-refractivity contribution in [1.82, 2.24) is 4.98 Å². The first kappa shape index (κ1) is 14.5. The molecule has 98 valence electrons. The highest BCUT2D eigenvalue weighted by Gasteiger charge is 2.20. The molecule has 0 unspecified atom stereocenters. The van der Waals surface area contributed by atoms with Gasteiger partial charge in [-0.1, -0.05) is 20.8 Å². The second-order valence-electron chi connectivity index (χ2n) is 5.31. The Morgan fingerprint density at radius 2 is 2.17 bits per heavy atom. The fraction of sp³-hybridized carbons (Fsp3) is 0.571. The maximum absolute atomic E-state index is 8.77. The van der Waals surface area contributed by atoms with Gasteiger partial charge in [-0.2, -0.15) is 5.26 Å². The van der Waals surface area contributed by atoms with E-state index in [1.807, 2.05) is 6.07 Å². The largest absolute Gasteiger partial charge is 0.356 e. The van der Waals surface area contributed by atoms with Crippen LogP contribution in [0.25, 0.3) is 0 Å². The molecule has 0 atom stereocenters. The van der Waals surface area contributed by atoms with Gasteiger partial charge < -0.3 is 10.6 Å². The second kappa shape index (κ2) is 6.36. The molecule has 2 N–H and O–H groups in total. The lowest BCUT2D eigenvalue weighted by Gasteiger charge is -2.32. The van der Waals surface area contributed by atoms with E-state index in [2.05, 4.69) is 36.7 Å². The third kappa shape index (κ3) is 4.01. The Balaban J connectivity index is 2.87. The molecule has 0 amide bonds. The molecule has 4 heteroatoms. The summed E-state index contributed by atoms with van der Waals surface area (Å²) in [5.41, 5.74) is 6.44. The third-order valence-electron chi connectivity index (χ3n) is 2.87. The number of hydrogen-bond acceptors (Lipinski definition) is 4. The topological polar surface area (TPSA) is 65.9 Å². The van der Waals surface area contributed by atoms with Crippen molar-refractivity contribution in [2.75, 3.05) is 24.5 Å². The SMILES string of the molecule is CCCN(CC(C)(C)CN)c1ccc(C#N)cn1. The fourth-order valence-corrected chi connectivity index (χ4v) is 1.77. The lowest BCUT2D eigenvalue weighted by molar-refractivity contribution is 0.376. The molecule has 0 aliphatic rings. The molecule has 0 spiro atoms. The molecule has 1 aromatic rings. The van der Waals surface area contributed by atoms with Gasteiger partial charge in [-0.05, 0) is 30.5 Å². The Kier molecular flexibility index (Phi) is 5.11. The molecule has 0 aliphatic heterocycles. The van der Waals surface area contributed by atoms with Crippen LogP contribution in [0, 0.1) is 16.7 Å². The molecule has 0 fully saturated rings. The number of nitrogens with zero attached hydrogens (tertiary/aromatic N) is 3. The minimum absolute atomic E-state index is 0.0603. The van der Waals surface area contributed by atoms with Crippen molar-refractivity contribution >= 4 is 5.82 Å². The van der Waals surface area contributed by atoms with E-state index >= 15 is 0 Å². The Labute approximate surface area is 109 Å². The van der Waals surface area contributed by atoms with Crippen LogP contribution >= 0.6 is 0 Å². The molecule has 0 aromatic carbocycles. The summed E-state index contributed by atoms with van der Waals surface area (Å²) in [4.78, 5) is 6.58. The van der Waals surface area contributed by atoms with Crippen LogP contribution in [-0.4, -0.2) is 24.6 Å². The predicted molar refractivity (Wildman–Crippen MR) is 74.3 cm³/mol. The summed E-state index contributed by atoms with van der Waals surface area (Å²) in [6.45, 7) is 8.91. The summed E-state index contributed by atoms with van der Waals surface area (Å²) in [7, 11) is 0. The number of rotatable bonds is 6. The van der Waals surface area contributed by atoms with Gasteiger partial charge >= 0.3 is 0 Å². The van der Waals surface area contributed by atoms with E-state index < -0.39 is 0 Å². The van der Waals surface area contributed by atoms with Crippen molar-refractivity contribution in [1.29, 1.82) is 5.26 Å². The Bertz CT molecular complexity index is 403. The lowest BCUT2D eigenvalue weighted by atomic mass is 9.93. The van der Waals surface area contributed by atoms with E-state index in [1.54, 1.807) is 12.3 Å². The zero-order valence-corrected chi connectivity index (χ0v) is 11.5. The maximum Gasteiger partial charge on any atom is 0.128 e. The molecule has 0 saturated carbocycles. The second-order valence-corrected chi connectivity index (χ2v) is 5.31. The molecular weight excluding hydrogens is 224 g/mol. The first-order valence-corrected chi connectivity index (χ1v) is 6.33. The fourth-order valence-electron chi connectivity index (χ4n) is 1.77. The van der Waals surface area contributed by atoms with Gasteiger partial charge in [0.15, 0.2) is 0 Å². The van der Waals surface area contributed by atoms with Crippen molar-refractivity contribution < 1.29 is 0 Å². The van der Waals surface area contributed by atoms with Crippen molar-refractivity contribution in [2.45, 2.75) is 27.2 Å². The van der Waals surface area contributed by atoms with Gasteiger partial charge in [0, 0.05) is 19.3 Å². The summed E-state index contributed by atoms with van der Waals surface area (Å²) < 4.78 is 0. The quantitative estimate of drug-likeness (QED) is 0.835. The van der Waals surface area contributed by atoms with E-state index in [0.717, 1.165) is 25.3 Å². The van der Waals surface area contributed by atoms with Gasteiger partial charge in [-0.25, -0.2) is 4.98 Å². The first-order valence-electron chi connectivity index (χ1n) is 6.33. The van der Waals surface area contributed by atoms with E-state index in [4.69, 9.17) is 11.0 Å². The first-order chi connectivity index (χ1) is 8.52. The molecule has 0 aliphatic carbocycles. The minimum atomic E-state index is 0.0603. The number of nitriles is 1. The van der Waals surface area contributed by atoms with Gasteiger partial charge in [0.2, 0.25) is 0 Å². The van der Waals surface area contributed by atoms with E-state index in [9.17, 15) is 0 Å². The average molecular weight is 246 g/mol. The van der Waals surface area contributed by atoms with E-state index in [0.29, 0.717) is 12.1 Å². The lowest BCUT2D eigenvalue weighted by Crippen LogP contribution is -2.39. The number of pyridine rings is 1. The Hall–Kier alpha value is -1.60. The zero-order chi connectivity index (χ0) is 13.6. The molecule has 1 heterocycles. The minimum Gasteiger partial charge on any atom is -0.356 e. The summed E-state index contributed by atoms with van der Waals surface area (Å²) in [6, 6.07) is 5.79. The standard InChI is InChI=1S/C14H22N4/c1-4-7-18(11-14(2,3)10-16)13-6-5-12(8-15)9-17-13/h5-6,9H,4,7,10-11,16H2,1-3H3. The van der Waals surface area contributed by atoms with Crippen LogP contribution in [0.2, 0.25) is 0 Å². The number of nitrogens with two attached hydrogens (primary N) is 1. The molecule has 1 rings (SSSR count). The summed E-state index contributed by atoms with van der Waals surface area (Å²) in [6.07, 6.45) is 2.68. The van der Waals surface area contributed by atoms with Crippen LogP contribution in [-0.2, 0) is 0 Å². The smallest absolute Gasteiger partial charge is 0.128 e. The van der Waals surface area contributed by atoms with Crippen molar-refractivity contribution in [3.8, 4) is 6.07 Å². The van der Waals surface area contributed by atoms with Gasteiger partial charge in [0.1, 0.15) is 11.9 Å². The Morgan fingerprint density at radius 3 is 2.61 bits per heavy atom. The zero-order valence-electron chi connectivity index (χ0n) is 11.5. The molecule has 0 bridgehead atoms. The third-order valence-corrected chi connectivity index (χ3v) is 2.87. The van der Waals surface area contributed by atoms with Crippen LogP contribution in [0.15, 0.2) is 18.3 Å². The molecule has 0 radical (unpaired) electrons. The number of aromatic nitrogens is 1. The predicted octanol–water partition coefficient (Wildman–Crippen LogP) is 2.15. The highest BCUT2D eigenvalue weighted by molar-refractivity contribution is 5.42. The van der Waals surface area contributed by atoms with E-state index in [-0.39, 0.29) is 5.41 Å². The van der Waals surface area contributed by atoms with Crippen molar-refractivity contribution in [3.63, 3.8) is 0 Å². The van der Waals surface area contributed by atoms with Gasteiger partial charge in [-0.15, -0.1) is 0 Å². The van der Waals surface area contributed by atoms with Crippen LogP contribution in [0.1, 0.15) is 32.8 Å². The number of hydrogen-bond donors (Lipinski definition) is 1. The normalized spacial score (nSPS) is 11.1. The van der Waals surface area contributed by atoms with Crippen LogP contribution in [0.5, 0.6) is 0 Å². The number of anilines is 1. The highest BCUT2D eigenvalue weighted by Crippen LogP contribution is 2.20. The molecule has 0 saturated heterocycles. The van der Waals surface area contributed by atoms with Gasteiger partial charge in [0.25, 0.3) is 0 Å². The van der Waals surface area contributed by atoms with Gasteiger partial charge in [-0.3, -0.25) is 0 Å². The molecular formula is C14H22N4. The van der Waals surface area contributed by atoms with Crippen LogP contribution < -0.4 is 10.6 Å². The van der Waals surface area contributed by atoms with Crippen LogP contribution in [0.3, 0.4) is 0 Å². The van der Waals surface area contributed by atoms with Crippen molar-refractivity contribution in [3.05, 3.63) is 23.9 Å². The molecule has 18 heavy (non-hydrogen) atoms. The van der Waals surface area contributed by atoms with Gasteiger partial charge in [0.05, 0.1) is 5.56 Å². The maximum atomic E-state index is 8.77. The highest BCUT2D eigenvalue weighted by atomic mass is 15.2. The Morgan fingerprint density at radius 1 is 1.44 bits per heavy atom. The van der Waals surface area contributed by atoms with E-state index in [1.165, 1.54) is 0 Å². The summed E-state index contributed by atoms with van der Waals surface area (Å²) >= 11 is 0. The molecule has 4 nitrogen and oxygen atoms in total. The summed E-state index contributed by atoms with van der Waals surface area (Å²) in [5, 5.41) is 8.77.